The van der Waals surface area contributed by atoms with Crippen molar-refractivity contribution >= 4 is 23.2 Å². The maximum absolute atomic E-state index is 12.2. The van der Waals surface area contributed by atoms with E-state index in [2.05, 4.69) is 12.2 Å². The van der Waals surface area contributed by atoms with E-state index in [0.717, 1.165) is 24.8 Å². The van der Waals surface area contributed by atoms with E-state index in [4.69, 9.17) is 0 Å². The summed E-state index contributed by atoms with van der Waals surface area (Å²) >= 11 is 1.54. The van der Waals surface area contributed by atoms with Crippen molar-refractivity contribution in [1.29, 1.82) is 0 Å². The van der Waals surface area contributed by atoms with Gasteiger partial charge in [-0.15, -0.1) is 0 Å². The van der Waals surface area contributed by atoms with Gasteiger partial charge in [0.2, 0.25) is 5.91 Å². The fraction of sp³-hybridized carbons (Fsp3) is 0.600. The molecule has 1 aromatic rings. The summed E-state index contributed by atoms with van der Waals surface area (Å²) in [5, 5.41) is 6.83. The Hall–Kier alpha value is -1.36. The van der Waals surface area contributed by atoms with Gasteiger partial charge in [0.1, 0.15) is 0 Å². The van der Waals surface area contributed by atoms with Crippen molar-refractivity contribution < 1.29 is 9.59 Å². The molecule has 2 heterocycles. The molecule has 1 aliphatic heterocycles. The molecule has 0 spiro atoms. The van der Waals surface area contributed by atoms with Crippen LogP contribution in [0.2, 0.25) is 0 Å². The van der Waals surface area contributed by atoms with Gasteiger partial charge < -0.3 is 10.2 Å². The van der Waals surface area contributed by atoms with Gasteiger partial charge in [0.25, 0.3) is 5.91 Å². The van der Waals surface area contributed by atoms with Crippen LogP contribution < -0.4 is 5.32 Å². The lowest BCUT2D eigenvalue weighted by molar-refractivity contribution is -0.126. The monoisotopic (exact) mass is 294 g/mol. The topological polar surface area (TPSA) is 49.4 Å². The number of hydrogen-bond acceptors (Lipinski definition) is 3. The SMILES string of the molecule is CCC(C)NC(=O)C1CCN(C(=O)c2ccsc2)CC1. The minimum atomic E-state index is 0.0514. The Morgan fingerprint density at radius 3 is 2.70 bits per heavy atom. The molecule has 0 radical (unpaired) electrons. The molecule has 1 unspecified atom stereocenters. The Morgan fingerprint density at radius 2 is 2.15 bits per heavy atom. The number of carbonyl (C=O) groups is 2. The zero-order valence-corrected chi connectivity index (χ0v) is 12.9. The summed E-state index contributed by atoms with van der Waals surface area (Å²) < 4.78 is 0. The molecule has 1 saturated heterocycles. The molecule has 0 aliphatic carbocycles. The van der Waals surface area contributed by atoms with Gasteiger partial charge in [0.05, 0.1) is 5.56 Å². The number of thiophene rings is 1. The molecule has 0 aromatic carbocycles. The van der Waals surface area contributed by atoms with Gasteiger partial charge in [0, 0.05) is 30.4 Å². The lowest BCUT2D eigenvalue weighted by atomic mass is 9.95. The van der Waals surface area contributed by atoms with E-state index < -0.39 is 0 Å². The highest BCUT2D eigenvalue weighted by atomic mass is 32.1. The number of nitrogens with zero attached hydrogens (tertiary/aromatic N) is 1. The van der Waals surface area contributed by atoms with E-state index in [9.17, 15) is 9.59 Å². The largest absolute Gasteiger partial charge is 0.353 e. The minimum Gasteiger partial charge on any atom is -0.353 e. The molecule has 0 saturated carbocycles. The first-order valence-electron chi connectivity index (χ1n) is 7.23. The standard InChI is InChI=1S/C15H22N2O2S/c1-3-11(2)16-14(18)12-4-7-17(8-5-12)15(19)13-6-9-20-10-13/h6,9-12H,3-5,7-8H2,1-2H3,(H,16,18). The summed E-state index contributed by atoms with van der Waals surface area (Å²) in [6.07, 6.45) is 2.47. The molecule has 4 nitrogen and oxygen atoms in total. The molecule has 0 bridgehead atoms. The molecule has 1 atom stereocenters. The smallest absolute Gasteiger partial charge is 0.254 e. The third kappa shape index (κ3) is 3.60. The van der Waals surface area contributed by atoms with Crippen LogP contribution in [0.25, 0.3) is 0 Å². The second-order valence-corrected chi connectivity index (χ2v) is 6.18. The molecule has 1 aromatic heterocycles. The molecule has 1 aliphatic rings. The molecule has 5 heteroatoms. The Kier molecular flexibility index (Phi) is 5.17. The van der Waals surface area contributed by atoms with E-state index in [1.54, 1.807) is 0 Å². The molecule has 20 heavy (non-hydrogen) atoms. The first kappa shape index (κ1) is 15.0. The predicted octanol–water partition coefficient (Wildman–Crippen LogP) is 2.52. The lowest BCUT2D eigenvalue weighted by Crippen LogP contribution is -2.44. The number of piperidine rings is 1. The van der Waals surface area contributed by atoms with Gasteiger partial charge >= 0.3 is 0 Å². The Balaban J connectivity index is 1.83. The molecule has 1 fully saturated rings. The van der Waals surface area contributed by atoms with Gasteiger partial charge in [-0.3, -0.25) is 9.59 Å². The number of amides is 2. The number of rotatable bonds is 4. The fourth-order valence-corrected chi connectivity index (χ4v) is 3.01. The Morgan fingerprint density at radius 1 is 1.45 bits per heavy atom. The van der Waals surface area contributed by atoms with Crippen LogP contribution in [0.15, 0.2) is 16.8 Å². The minimum absolute atomic E-state index is 0.0514. The molecule has 1 N–H and O–H groups in total. The first-order chi connectivity index (χ1) is 9.61. The highest BCUT2D eigenvalue weighted by Crippen LogP contribution is 2.20. The average Bonchev–Trinajstić information content (AvgIpc) is 3.00. The number of hydrogen-bond donors (Lipinski definition) is 1. The predicted molar refractivity (Wildman–Crippen MR) is 80.8 cm³/mol. The zero-order chi connectivity index (χ0) is 14.5. The van der Waals surface area contributed by atoms with E-state index in [0.29, 0.717) is 13.1 Å². The maximum Gasteiger partial charge on any atom is 0.254 e. The quantitative estimate of drug-likeness (QED) is 0.927. The van der Waals surface area contributed by atoms with Crippen molar-refractivity contribution in [3.05, 3.63) is 22.4 Å². The zero-order valence-electron chi connectivity index (χ0n) is 12.1. The molecule has 2 amide bonds. The van der Waals surface area contributed by atoms with Crippen molar-refractivity contribution in [1.82, 2.24) is 10.2 Å². The van der Waals surface area contributed by atoms with Crippen molar-refractivity contribution in [3.8, 4) is 0 Å². The van der Waals surface area contributed by atoms with E-state index in [1.807, 2.05) is 28.7 Å². The van der Waals surface area contributed by atoms with Crippen LogP contribution in [0.4, 0.5) is 0 Å². The molecular weight excluding hydrogens is 272 g/mol. The van der Waals surface area contributed by atoms with Gasteiger partial charge in [-0.05, 0) is 37.6 Å². The van der Waals surface area contributed by atoms with Crippen LogP contribution in [0.3, 0.4) is 0 Å². The van der Waals surface area contributed by atoms with Crippen LogP contribution in [0.5, 0.6) is 0 Å². The number of likely N-dealkylation sites (tertiary alicyclic amines) is 1. The van der Waals surface area contributed by atoms with E-state index in [1.165, 1.54) is 11.3 Å². The third-order valence-electron chi connectivity index (χ3n) is 3.92. The van der Waals surface area contributed by atoms with Crippen LogP contribution in [-0.2, 0) is 4.79 Å². The van der Waals surface area contributed by atoms with Crippen LogP contribution >= 0.6 is 11.3 Å². The van der Waals surface area contributed by atoms with Crippen molar-refractivity contribution in [2.24, 2.45) is 5.92 Å². The fourth-order valence-electron chi connectivity index (χ4n) is 2.38. The van der Waals surface area contributed by atoms with Gasteiger partial charge in [-0.2, -0.15) is 11.3 Å². The van der Waals surface area contributed by atoms with Crippen molar-refractivity contribution in [3.63, 3.8) is 0 Å². The summed E-state index contributed by atoms with van der Waals surface area (Å²) in [6.45, 7) is 5.43. The first-order valence-corrected chi connectivity index (χ1v) is 8.18. The molecular formula is C15H22N2O2S. The Bertz CT molecular complexity index is 450. The van der Waals surface area contributed by atoms with Crippen molar-refractivity contribution in [2.75, 3.05) is 13.1 Å². The van der Waals surface area contributed by atoms with Crippen LogP contribution in [0.1, 0.15) is 43.5 Å². The van der Waals surface area contributed by atoms with Gasteiger partial charge in [-0.1, -0.05) is 6.92 Å². The summed E-state index contributed by atoms with van der Waals surface area (Å²) in [5.41, 5.74) is 0.762. The summed E-state index contributed by atoms with van der Waals surface area (Å²) in [6, 6.07) is 2.09. The average molecular weight is 294 g/mol. The maximum atomic E-state index is 12.2. The second kappa shape index (κ2) is 6.88. The lowest BCUT2D eigenvalue weighted by Gasteiger charge is -2.31. The summed E-state index contributed by atoms with van der Waals surface area (Å²) in [4.78, 5) is 26.1. The number of carbonyl (C=O) groups excluding carboxylic acids is 2. The van der Waals surface area contributed by atoms with Gasteiger partial charge in [-0.25, -0.2) is 0 Å². The van der Waals surface area contributed by atoms with Crippen LogP contribution in [-0.4, -0.2) is 35.8 Å². The number of nitrogens with one attached hydrogen (secondary N) is 1. The summed E-state index contributed by atoms with van der Waals surface area (Å²) in [5.74, 6) is 0.282. The third-order valence-corrected chi connectivity index (χ3v) is 4.61. The molecule has 110 valence electrons. The summed E-state index contributed by atoms with van der Waals surface area (Å²) in [7, 11) is 0. The highest BCUT2D eigenvalue weighted by molar-refractivity contribution is 7.08. The normalized spacial score (nSPS) is 17.8. The van der Waals surface area contributed by atoms with E-state index in [-0.39, 0.29) is 23.8 Å². The molecule has 2 rings (SSSR count). The van der Waals surface area contributed by atoms with E-state index >= 15 is 0 Å². The second-order valence-electron chi connectivity index (χ2n) is 5.40. The highest BCUT2D eigenvalue weighted by Gasteiger charge is 2.28. The Labute approximate surface area is 124 Å². The van der Waals surface area contributed by atoms with Crippen LogP contribution in [0, 0.1) is 5.92 Å². The van der Waals surface area contributed by atoms with Gasteiger partial charge in [0.15, 0.2) is 0 Å². The van der Waals surface area contributed by atoms with Crippen molar-refractivity contribution in [2.45, 2.75) is 39.2 Å².